The second-order valence-electron chi connectivity index (χ2n) is 2.83. The molecule has 62 valence electrons. The minimum absolute atomic E-state index is 0.961. The van der Waals surface area contributed by atoms with Crippen molar-refractivity contribution in [2.45, 2.75) is 20.4 Å². The molecule has 2 nitrogen and oxygen atoms in total. The molecule has 12 heavy (non-hydrogen) atoms. The number of aromatic nitrogens is 1. The molecule has 0 spiro atoms. The molecule has 0 aliphatic heterocycles. The molecular formula is C10H12NO+. The quantitative estimate of drug-likeness (QED) is 0.586. The van der Waals surface area contributed by atoms with Crippen LogP contribution in [-0.4, -0.2) is 0 Å². The minimum atomic E-state index is 0.961. The van der Waals surface area contributed by atoms with Crippen LogP contribution in [0.25, 0.3) is 11.1 Å². The van der Waals surface area contributed by atoms with Gasteiger partial charge in [-0.05, 0) is 13.0 Å². The zero-order valence-corrected chi connectivity index (χ0v) is 7.37. The van der Waals surface area contributed by atoms with Gasteiger partial charge in [0.15, 0.2) is 0 Å². The topological polar surface area (TPSA) is 17.0 Å². The number of benzene rings is 1. The van der Waals surface area contributed by atoms with Gasteiger partial charge in [-0.25, -0.2) is 0 Å². The lowest BCUT2D eigenvalue weighted by molar-refractivity contribution is -0.679. The standard InChI is InChI=1S/C10H12NO/c1-3-11-8(2)12-10-7-5-4-6-9(10)11/h4-7H,3H2,1-2H3/q+1. The molecule has 2 heteroatoms. The Morgan fingerprint density at radius 2 is 2.08 bits per heavy atom. The summed E-state index contributed by atoms with van der Waals surface area (Å²) in [5.41, 5.74) is 2.15. The van der Waals surface area contributed by atoms with Gasteiger partial charge in [0, 0.05) is 6.07 Å². The van der Waals surface area contributed by atoms with Crippen molar-refractivity contribution in [3.8, 4) is 0 Å². The lowest BCUT2D eigenvalue weighted by Crippen LogP contribution is -2.33. The van der Waals surface area contributed by atoms with Gasteiger partial charge in [-0.1, -0.05) is 12.1 Å². The summed E-state index contributed by atoms with van der Waals surface area (Å²) in [6.07, 6.45) is 0. The summed E-state index contributed by atoms with van der Waals surface area (Å²) < 4.78 is 7.71. The molecule has 1 aromatic carbocycles. The zero-order chi connectivity index (χ0) is 8.55. The van der Waals surface area contributed by atoms with E-state index in [0.29, 0.717) is 0 Å². The maximum absolute atomic E-state index is 5.55. The van der Waals surface area contributed by atoms with Crippen LogP contribution in [0.5, 0.6) is 0 Å². The molecule has 0 aliphatic carbocycles. The fourth-order valence-corrected chi connectivity index (χ4v) is 1.54. The van der Waals surface area contributed by atoms with E-state index >= 15 is 0 Å². The maximum Gasteiger partial charge on any atom is 0.344 e. The van der Waals surface area contributed by atoms with E-state index in [1.165, 1.54) is 5.52 Å². The van der Waals surface area contributed by atoms with Gasteiger partial charge in [-0.15, -0.1) is 0 Å². The number of hydrogen-bond donors (Lipinski definition) is 0. The molecule has 2 rings (SSSR count). The SMILES string of the molecule is CC[n+]1c(C)oc2ccccc21. The molecule has 0 fully saturated rings. The Morgan fingerprint density at radius 1 is 1.33 bits per heavy atom. The number of nitrogens with zero attached hydrogens (tertiary/aromatic N) is 1. The highest BCUT2D eigenvalue weighted by Crippen LogP contribution is 2.11. The summed E-state index contributed by atoms with van der Waals surface area (Å²) in [5.74, 6) is 0.971. The van der Waals surface area contributed by atoms with Crippen molar-refractivity contribution >= 4 is 11.1 Å². The summed E-state index contributed by atoms with van der Waals surface area (Å²) in [6.45, 7) is 5.07. The first-order chi connectivity index (χ1) is 5.83. The third-order valence-corrected chi connectivity index (χ3v) is 2.11. The average molecular weight is 162 g/mol. The van der Waals surface area contributed by atoms with Gasteiger partial charge in [0.1, 0.15) is 6.54 Å². The lowest BCUT2D eigenvalue weighted by atomic mass is 10.3. The molecule has 0 saturated carbocycles. The van der Waals surface area contributed by atoms with Crippen LogP contribution in [0.4, 0.5) is 0 Å². The van der Waals surface area contributed by atoms with E-state index in [-0.39, 0.29) is 0 Å². The number of oxazole rings is 1. The maximum atomic E-state index is 5.55. The van der Waals surface area contributed by atoms with E-state index < -0.39 is 0 Å². The Kier molecular flexibility index (Phi) is 1.61. The van der Waals surface area contributed by atoms with E-state index in [1.54, 1.807) is 0 Å². The zero-order valence-electron chi connectivity index (χ0n) is 7.37. The van der Waals surface area contributed by atoms with Crippen LogP contribution in [-0.2, 0) is 6.54 Å². The van der Waals surface area contributed by atoms with Gasteiger partial charge in [0.05, 0.1) is 6.92 Å². The second kappa shape index (κ2) is 2.63. The van der Waals surface area contributed by atoms with Gasteiger partial charge in [-0.3, -0.25) is 0 Å². The first-order valence-electron chi connectivity index (χ1n) is 4.21. The predicted molar refractivity (Wildman–Crippen MR) is 46.8 cm³/mol. The summed E-state index contributed by atoms with van der Waals surface area (Å²) in [7, 11) is 0. The van der Waals surface area contributed by atoms with Crippen LogP contribution >= 0.6 is 0 Å². The summed E-state index contributed by atoms with van der Waals surface area (Å²) in [5, 5.41) is 0. The van der Waals surface area contributed by atoms with E-state index in [9.17, 15) is 0 Å². The van der Waals surface area contributed by atoms with Crippen molar-refractivity contribution in [1.82, 2.24) is 0 Å². The molecule has 0 N–H and O–H groups in total. The van der Waals surface area contributed by atoms with E-state index in [2.05, 4.69) is 17.6 Å². The summed E-state index contributed by atoms with van der Waals surface area (Å²) in [4.78, 5) is 0. The molecule has 0 saturated heterocycles. The van der Waals surface area contributed by atoms with Crippen molar-refractivity contribution in [3.05, 3.63) is 30.2 Å². The Bertz CT molecular complexity index is 403. The molecule has 0 unspecified atom stereocenters. The first-order valence-corrected chi connectivity index (χ1v) is 4.21. The summed E-state index contributed by atoms with van der Waals surface area (Å²) >= 11 is 0. The van der Waals surface area contributed by atoms with E-state index in [1.807, 2.05) is 25.1 Å². The van der Waals surface area contributed by atoms with Gasteiger partial charge in [0.25, 0.3) is 5.52 Å². The molecule has 1 aromatic heterocycles. The number of hydrogen-bond acceptors (Lipinski definition) is 1. The molecule has 2 aromatic rings. The molecule has 0 amide bonds. The monoisotopic (exact) mass is 162 g/mol. The normalized spacial score (nSPS) is 10.8. The lowest BCUT2D eigenvalue weighted by Gasteiger charge is -1.85. The van der Waals surface area contributed by atoms with Crippen molar-refractivity contribution < 1.29 is 8.98 Å². The molecule has 0 aliphatic rings. The predicted octanol–water partition coefficient (Wildman–Crippen LogP) is 2.05. The third-order valence-electron chi connectivity index (χ3n) is 2.11. The largest absolute Gasteiger partial charge is 0.402 e. The fourth-order valence-electron chi connectivity index (χ4n) is 1.54. The number of aryl methyl sites for hydroxylation is 2. The van der Waals surface area contributed by atoms with Crippen molar-refractivity contribution in [2.75, 3.05) is 0 Å². The van der Waals surface area contributed by atoms with Gasteiger partial charge < -0.3 is 4.42 Å². The van der Waals surface area contributed by atoms with E-state index in [4.69, 9.17) is 4.42 Å². The number of fused-ring (bicyclic) bond motifs is 1. The average Bonchev–Trinajstić information content (AvgIpc) is 2.40. The Balaban J connectivity index is 2.81. The first kappa shape index (κ1) is 7.35. The Hall–Kier alpha value is -1.31. The van der Waals surface area contributed by atoms with Gasteiger partial charge >= 0.3 is 5.89 Å². The van der Waals surface area contributed by atoms with Crippen LogP contribution in [0, 0.1) is 6.92 Å². The highest BCUT2D eigenvalue weighted by atomic mass is 16.3. The number of para-hydroxylation sites is 2. The third kappa shape index (κ3) is 0.916. The van der Waals surface area contributed by atoms with Crippen LogP contribution in [0.2, 0.25) is 0 Å². The van der Waals surface area contributed by atoms with Crippen molar-refractivity contribution in [1.29, 1.82) is 0 Å². The Morgan fingerprint density at radius 3 is 2.83 bits per heavy atom. The van der Waals surface area contributed by atoms with Crippen LogP contribution in [0.3, 0.4) is 0 Å². The highest BCUT2D eigenvalue weighted by molar-refractivity contribution is 5.68. The fraction of sp³-hybridized carbons (Fsp3) is 0.300. The number of rotatable bonds is 1. The summed E-state index contributed by atoms with van der Waals surface area (Å²) in [6, 6.07) is 8.10. The van der Waals surface area contributed by atoms with Gasteiger partial charge in [-0.2, -0.15) is 4.57 Å². The Labute approximate surface area is 71.4 Å². The van der Waals surface area contributed by atoms with Crippen molar-refractivity contribution in [2.24, 2.45) is 0 Å². The molecule has 0 atom stereocenters. The van der Waals surface area contributed by atoms with E-state index in [0.717, 1.165) is 18.0 Å². The highest BCUT2D eigenvalue weighted by Gasteiger charge is 2.15. The molecular weight excluding hydrogens is 150 g/mol. The smallest absolute Gasteiger partial charge is 0.344 e. The molecule has 1 heterocycles. The minimum Gasteiger partial charge on any atom is -0.402 e. The van der Waals surface area contributed by atoms with Crippen molar-refractivity contribution in [3.63, 3.8) is 0 Å². The van der Waals surface area contributed by atoms with Gasteiger partial charge in [0.2, 0.25) is 5.58 Å². The van der Waals surface area contributed by atoms with Crippen LogP contribution in [0.15, 0.2) is 28.7 Å². The van der Waals surface area contributed by atoms with Crippen LogP contribution in [0.1, 0.15) is 12.8 Å². The molecule has 0 bridgehead atoms. The second-order valence-corrected chi connectivity index (χ2v) is 2.83. The van der Waals surface area contributed by atoms with Crippen LogP contribution < -0.4 is 4.57 Å². The molecule has 0 radical (unpaired) electrons.